The Kier molecular flexibility index (Phi) is 60.3. The number of rotatable bonds is 58. The highest BCUT2D eigenvalue weighted by atomic mass is 16.6. The van der Waals surface area contributed by atoms with Crippen LogP contribution in [-0.2, 0) is 28.6 Å². The third-order valence-electron chi connectivity index (χ3n) is 13.9. The Hall–Kier alpha value is -3.41. The maximum Gasteiger partial charge on any atom is 0.306 e. The molecule has 1 atom stereocenters. The van der Waals surface area contributed by atoms with E-state index in [0.717, 1.165) is 109 Å². The molecule has 0 saturated carbocycles. The van der Waals surface area contributed by atoms with Crippen molar-refractivity contribution in [2.75, 3.05) is 13.2 Å². The quantitative estimate of drug-likeness (QED) is 0.0261. The van der Waals surface area contributed by atoms with Crippen LogP contribution in [0.5, 0.6) is 0 Å². The van der Waals surface area contributed by atoms with E-state index in [0.29, 0.717) is 19.3 Å². The van der Waals surface area contributed by atoms with E-state index in [1.54, 1.807) is 0 Å². The van der Waals surface area contributed by atoms with Crippen molar-refractivity contribution in [2.24, 2.45) is 0 Å². The van der Waals surface area contributed by atoms with Crippen LogP contribution >= 0.6 is 0 Å². The fourth-order valence-electron chi connectivity index (χ4n) is 9.13. The Morgan fingerprint density at radius 1 is 0.280 bits per heavy atom. The number of ether oxygens (including phenoxy) is 3. The van der Waals surface area contributed by atoms with Crippen LogP contribution in [-0.4, -0.2) is 37.2 Å². The zero-order valence-electron chi connectivity index (χ0n) is 49.6. The molecule has 0 aliphatic heterocycles. The summed E-state index contributed by atoms with van der Waals surface area (Å²) in [7, 11) is 0. The van der Waals surface area contributed by atoms with Crippen molar-refractivity contribution in [3.8, 4) is 0 Å². The summed E-state index contributed by atoms with van der Waals surface area (Å²) in [5, 5.41) is 0. The standard InChI is InChI=1S/C69H120O6/c1-4-7-10-13-16-18-20-22-24-26-28-29-30-31-32-33-34-35-36-37-38-39-41-42-44-46-48-50-53-56-59-62-68(71)74-65-66(64-73-67(70)61-58-55-52-15-12-9-6-3)75-69(72)63-60-57-54-51-49-47-45-43-40-27-25-23-21-19-17-14-11-8-5-2/h7,10,16,18,22,24,28-29,31-32,34-35,37-38,66H,4-6,8-9,11-15,17,19-21,23,25-27,30,33,36,39-65H2,1-3H3/b10-7-,18-16-,24-22-,29-28-,32-31-,35-34-,38-37-. The third kappa shape index (κ3) is 61.3. The minimum atomic E-state index is -0.774. The number of hydrogen-bond acceptors (Lipinski definition) is 6. The minimum Gasteiger partial charge on any atom is -0.462 e. The molecule has 0 spiro atoms. The van der Waals surface area contributed by atoms with Crippen LogP contribution in [0.2, 0.25) is 0 Å². The van der Waals surface area contributed by atoms with Gasteiger partial charge in [0.1, 0.15) is 13.2 Å². The molecule has 6 heteroatoms. The summed E-state index contributed by atoms with van der Waals surface area (Å²) in [6.45, 7) is 6.51. The van der Waals surface area contributed by atoms with Gasteiger partial charge in [-0.3, -0.25) is 14.4 Å². The first kappa shape index (κ1) is 71.6. The molecule has 0 rings (SSSR count). The molecule has 0 aromatic carbocycles. The van der Waals surface area contributed by atoms with Gasteiger partial charge in [0.05, 0.1) is 0 Å². The summed E-state index contributed by atoms with van der Waals surface area (Å²) >= 11 is 0. The zero-order chi connectivity index (χ0) is 54.3. The summed E-state index contributed by atoms with van der Waals surface area (Å²) in [4.78, 5) is 38.1. The van der Waals surface area contributed by atoms with Gasteiger partial charge >= 0.3 is 17.9 Å². The molecular formula is C69H120O6. The molecule has 0 aromatic rings. The summed E-state index contributed by atoms with van der Waals surface area (Å²) in [6.07, 6.45) is 83.3. The van der Waals surface area contributed by atoms with Crippen molar-refractivity contribution in [1.82, 2.24) is 0 Å². The second-order valence-electron chi connectivity index (χ2n) is 21.3. The molecule has 0 aromatic heterocycles. The van der Waals surface area contributed by atoms with Crippen molar-refractivity contribution in [3.63, 3.8) is 0 Å². The van der Waals surface area contributed by atoms with Crippen molar-refractivity contribution in [2.45, 2.75) is 322 Å². The van der Waals surface area contributed by atoms with Gasteiger partial charge in [0.25, 0.3) is 0 Å². The summed E-state index contributed by atoms with van der Waals surface area (Å²) in [5.41, 5.74) is 0. The average molecular weight is 1050 g/mol. The van der Waals surface area contributed by atoms with Gasteiger partial charge in [-0.1, -0.05) is 305 Å². The van der Waals surface area contributed by atoms with Gasteiger partial charge in [-0.25, -0.2) is 0 Å². The first-order valence-corrected chi connectivity index (χ1v) is 32.1. The zero-order valence-corrected chi connectivity index (χ0v) is 49.6. The second-order valence-corrected chi connectivity index (χ2v) is 21.3. The van der Waals surface area contributed by atoms with Crippen LogP contribution in [0.3, 0.4) is 0 Å². The van der Waals surface area contributed by atoms with Gasteiger partial charge in [0.2, 0.25) is 0 Å². The lowest BCUT2D eigenvalue weighted by molar-refractivity contribution is -0.167. The molecule has 0 radical (unpaired) electrons. The molecule has 0 heterocycles. The van der Waals surface area contributed by atoms with E-state index in [1.165, 1.54) is 167 Å². The summed E-state index contributed by atoms with van der Waals surface area (Å²) in [5.74, 6) is -0.873. The van der Waals surface area contributed by atoms with Crippen LogP contribution in [0.25, 0.3) is 0 Å². The van der Waals surface area contributed by atoms with Gasteiger partial charge in [-0.15, -0.1) is 0 Å². The number of esters is 3. The summed E-state index contributed by atoms with van der Waals surface area (Å²) < 4.78 is 16.8. The van der Waals surface area contributed by atoms with Gasteiger partial charge in [-0.2, -0.15) is 0 Å². The highest BCUT2D eigenvalue weighted by Crippen LogP contribution is 2.17. The molecule has 0 aliphatic carbocycles. The predicted molar refractivity (Wildman–Crippen MR) is 325 cm³/mol. The minimum absolute atomic E-state index is 0.0741. The first-order chi connectivity index (χ1) is 37.0. The van der Waals surface area contributed by atoms with Gasteiger partial charge in [-0.05, 0) is 77.0 Å². The van der Waals surface area contributed by atoms with E-state index in [2.05, 4.69) is 106 Å². The predicted octanol–water partition coefficient (Wildman–Crippen LogP) is 21.9. The normalized spacial score (nSPS) is 12.6. The van der Waals surface area contributed by atoms with Gasteiger partial charge in [0, 0.05) is 19.3 Å². The third-order valence-corrected chi connectivity index (χ3v) is 13.9. The van der Waals surface area contributed by atoms with E-state index in [9.17, 15) is 14.4 Å². The Bertz CT molecular complexity index is 1430. The summed E-state index contributed by atoms with van der Waals surface area (Å²) in [6, 6.07) is 0. The van der Waals surface area contributed by atoms with Crippen LogP contribution < -0.4 is 0 Å². The van der Waals surface area contributed by atoms with Crippen molar-refractivity contribution in [1.29, 1.82) is 0 Å². The second kappa shape index (κ2) is 63.1. The Labute approximate surface area is 465 Å². The Morgan fingerprint density at radius 3 is 0.813 bits per heavy atom. The molecule has 75 heavy (non-hydrogen) atoms. The Balaban J connectivity index is 4.12. The van der Waals surface area contributed by atoms with Gasteiger partial charge < -0.3 is 14.2 Å². The molecule has 432 valence electrons. The van der Waals surface area contributed by atoms with E-state index >= 15 is 0 Å². The number of carbonyl (C=O) groups is 3. The molecule has 0 saturated heterocycles. The molecule has 0 bridgehead atoms. The smallest absolute Gasteiger partial charge is 0.306 e. The SMILES string of the molecule is CC/C=C\C/C=C\C/C=C\C/C=C\C/C=C\C/C=C\C/C=C\CCCCCCCCCCCC(=O)OCC(COC(=O)CCCCCCCCC)OC(=O)CCCCCCCCCCCCCCCCCCCCC. The van der Waals surface area contributed by atoms with Crippen LogP contribution in [0.15, 0.2) is 85.1 Å². The van der Waals surface area contributed by atoms with E-state index in [1.807, 2.05) is 0 Å². The molecule has 1 unspecified atom stereocenters. The van der Waals surface area contributed by atoms with E-state index in [4.69, 9.17) is 14.2 Å². The van der Waals surface area contributed by atoms with Crippen molar-refractivity contribution in [3.05, 3.63) is 85.1 Å². The molecule has 6 nitrogen and oxygen atoms in total. The first-order valence-electron chi connectivity index (χ1n) is 32.1. The molecular weight excluding hydrogens is 925 g/mol. The van der Waals surface area contributed by atoms with Crippen LogP contribution in [0, 0.1) is 0 Å². The highest BCUT2D eigenvalue weighted by Gasteiger charge is 2.19. The van der Waals surface area contributed by atoms with Crippen LogP contribution in [0.1, 0.15) is 316 Å². The molecule has 0 amide bonds. The number of carbonyl (C=O) groups excluding carboxylic acids is 3. The molecule has 0 aliphatic rings. The number of allylic oxidation sites excluding steroid dienone is 14. The fraction of sp³-hybridized carbons (Fsp3) is 0.754. The lowest BCUT2D eigenvalue weighted by Crippen LogP contribution is -2.30. The number of hydrogen-bond donors (Lipinski definition) is 0. The number of unbranched alkanes of at least 4 members (excludes halogenated alkanes) is 33. The highest BCUT2D eigenvalue weighted by molar-refractivity contribution is 5.71. The maximum absolute atomic E-state index is 12.8. The monoisotopic (exact) mass is 1040 g/mol. The topological polar surface area (TPSA) is 78.9 Å². The fourth-order valence-corrected chi connectivity index (χ4v) is 9.13. The van der Waals surface area contributed by atoms with Crippen LogP contribution in [0.4, 0.5) is 0 Å². The van der Waals surface area contributed by atoms with Crippen molar-refractivity contribution >= 4 is 17.9 Å². The maximum atomic E-state index is 12.8. The van der Waals surface area contributed by atoms with Gasteiger partial charge in [0.15, 0.2) is 6.10 Å². The van der Waals surface area contributed by atoms with Crippen molar-refractivity contribution < 1.29 is 28.6 Å². The largest absolute Gasteiger partial charge is 0.462 e. The van der Waals surface area contributed by atoms with E-state index in [-0.39, 0.29) is 31.1 Å². The molecule has 0 N–H and O–H groups in total. The van der Waals surface area contributed by atoms with E-state index < -0.39 is 6.10 Å². The lowest BCUT2D eigenvalue weighted by atomic mass is 10.0. The molecule has 0 fully saturated rings. The Morgan fingerprint density at radius 2 is 0.520 bits per heavy atom. The average Bonchev–Trinajstić information content (AvgIpc) is 3.41. The lowest BCUT2D eigenvalue weighted by Gasteiger charge is -2.18.